The molecule has 3 rings (SSSR count). The molecular weight excluding hydrogens is 248 g/mol. The SMILES string of the molecule is COC1(C(O)C2CC2c2ccccc2)CCCC(C)C1. The van der Waals surface area contributed by atoms with E-state index >= 15 is 0 Å². The third kappa shape index (κ3) is 2.51. The van der Waals surface area contributed by atoms with Crippen molar-refractivity contribution in [3.63, 3.8) is 0 Å². The van der Waals surface area contributed by atoms with Gasteiger partial charge in [-0.25, -0.2) is 0 Å². The first-order chi connectivity index (χ1) is 9.66. The minimum Gasteiger partial charge on any atom is -0.390 e. The summed E-state index contributed by atoms with van der Waals surface area (Å²) in [6.07, 6.45) is 5.24. The second kappa shape index (κ2) is 5.50. The van der Waals surface area contributed by atoms with Gasteiger partial charge >= 0.3 is 0 Å². The van der Waals surface area contributed by atoms with Gasteiger partial charge in [0.05, 0.1) is 11.7 Å². The molecule has 0 spiro atoms. The van der Waals surface area contributed by atoms with Gasteiger partial charge in [-0.1, -0.05) is 50.1 Å². The van der Waals surface area contributed by atoms with Gasteiger partial charge in [0, 0.05) is 7.11 Å². The van der Waals surface area contributed by atoms with E-state index in [-0.39, 0.29) is 11.7 Å². The number of aliphatic hydroxyl groups is 1. The molecule has 0 amide bonds. The number of aliphatic hydroxyl groups excluding tert-OH is 1. The maximum Gasteiger partial charge on any atom is 0.0941 e. The third-order valence-electron chi connectivity index (χ3n) is 5.41. The minimum absolute atomic E-state index is 0.300. The molecule has 0 bridgehead atoms. The van der Waals surface area contributed by atoms with Crippen molar-refractivity contribution in [2.45, 2.75) is 56.7 Å². The largest absolute Gasteiger partial charge is 0.390 e. The van der Waals surface area contributed by atoms with Crippen LogP contribution < -0.4 is 0 Å². The third-order valence-corrected chi connectivity index (χ3v) is 5.41. The van der Waals surface area contributed by atoms with Gasteiger partial charge in [-0.05, 0) is 42.6 Å². The Bertz CT molecular complexity index is 444. The first-order valence-electron chi connectivity index (χ1n) is 7.94. The van der Waals surface area contributed by atoms with Crippen LogP contribution in [0.25, 0.3) is 0 Å². The Hall–Kier alpha value is -0.860. The van der Waals surface area contributed by atoms with E-state index < -0.39 is 0 Å². The molecule has 2 aliphatic carbocycles. The molecule has 0 heterocycles. The van der Waals surface area contributed by atoms with E-state index in [1.165, 1.54) is 18.4 Å². The molecule has 1 aromatic carbocycles. The van der Waals surface area contributed by atoms with Crippen molar-refractivity contribution in [3.8, 4) is 0 Å². The molecule has 2 nitrogen and oxygen atoms in total. The molecule has 2 aliphatic rings. The number of ether oxygens (including phenoxy) is 1. The molecule has 2 heteroatoms. The number of methoxy groups -OCH3 is 1. The summed E-state index contributed by atoms with van der Waals surface area (Å²) in [5.74, 6) is 1.56. The van der Waals surface area contributed by atoms with Crippen molar-refractivity contribution in [3.05, 3.63) is 35.9 Å². The second-order valence-corrected chi connectivity index (χ2v) is 6.83. The summed E-state index contributed by atoms with van der Waals surface area (Å²) in [5, 5.41) is 10.9. The Morgan fingerprint density at radius 1 is 1.30 bits per heavy atom. The van der Waals surface area contributed by atoms with Crippen LogP contribution in [0.3, 0.4) is 0 Å². The lowest BCUT2D eigenvalue weighted by molar-refractivity contribution is -0.139. The Labute approximate surface area is 122 Å². The van der Waals surface area contributed by atoms with Gasteiger partial charge < -0.3 is 9.84 Å². The molecule has 2 fully saturated rings. The minimum atomic E-state index is -0.319. The first-order valence-corrected chi connectivity index (χ1v) is 7.94. The average Bonchev–Trinajstić information content (AvgIpc) is 3.27. The summed E-state index contributed by atoms with van der Waals surface area (Å²) in [6.45, 7) is 2.28. The fraction of sp³-hybridized carbons (Fsp3) is 0.667. The predicted octanol–water partition coefficient (Wildman–Crippen LogP) is 3.75. The number of benzene rings is 1. The fourth-order valence-corrected chi connectivity index (χ4v) is 4.16. The normalized spacial score (nSPS) is 38.5. The quantitative estimate of drug-likeness (QED) is 0.906. The fourth-order valence-electron chi connectivity index (χ4n) is 4.16. The molecule has 20 heavy (non-hydrogen) atoms. The molecule has 0 aromatic heterocycles. The topological polar surface area (TPSA) is 29.5 Å². The molecule has 0 radical (unpaired) electrons. The smallest absolute Gasteiger partial charge is 0.0941 e. The molecule has 1 N–H and O–H groups in total. The second-order valence-electron chi connectivity index (χ2n) is 6.83. The highest BCUT2D eigenvalue weighted by molar-refractivity contribution is 5.27. The van der Waals surface area contributed by atoms with Crippen molar-refractivity contribution < 1.29 is 9.84 Å². The van der Waals surface area contributed by atoms with Gasteiger partial charge in [0.25, 0.3) is 0 Å². The van der Waals surface area contributed by atoms with Gasteiger partial charge in [0.2, 0.25) is 0 Å². The van der Waals surface area contributed by atoms with Gasteiger partial charge in [-0.3, -0.25) is 0 Å². The lowest BCUT2D eigenvalue weighted by atomic mass is 9.74. The van der Waals surface area contributed by atoms with Crippen LogP contribution in [-0.4, -0.2) is 23.9 Å². The van der Waals surface area contributed by atoms with Crippen LogP contribution in [0.15, 0.2) is 30.3 Å². The maximum atomic E-state index is 10.9. The molecule has 110 valence electrons. The summed E-state index contributed by atoms with van der Waals surface area (Å²) in [4.78, 5) is 0. The van der Waals surface area contributed by atoms with Crippen molar-refractivity contribution in [2.75, 3.05) is 7.11 Å². The Balaban J connectivity index is 1.71. The van der Waals surface area contributed by atoms with E-state index in [1.54, 1.807) is 7.11 Å². The Morgan fingerprint density at radius 3 is 2.70 bits per heavy atom. The lowest BCUT2D eigenvalue weighted by Gasteiger charge is -2.42. The molecule has 0 saturated heterocycles. The Kier molecular flexibility index (Phi) is 3.87. The van der Waals surface area contributed by atoms with Gasteiger partial charge in [0.15, 0.2) is 0 Å². The van der Waals surface area contributed by atoms with Crippen LogP contribution in [0.1, 0.15) is 50.5 Å². The zero-order valence-electron chi connectivity index (χ0n) is 12.6. The van der Waals surface area contributed by atoms with E-state index in [1.807, 2.05) is 0 Å². The molecule has 0 aliphatic heterocycles. The zero-order chi connectivity index (χ0) is 14.2. The summed E-state index contributed by atoms with van der Waals surface area (Å²) in [7, 11) is 1.78. The van der Waals surface area contributed by atoms with Crippen molar-refractivity contribution in [1.82, 2.24) is 0 Å². The van der Waals surface area contributed by atoms with Crippen LogP contribution >= 0.6 is 0 Å². The summed E-state index contributed by atoms with van der Waals surface area (Å²) < 4.78 is 5.85. The van der Waals surface area contributed by atoms with Crippen LogP contribution in [-0.2, 0) is 4.74 Å². The van der Waals surface area contributed by atoms with E-state index in [0.717, 1.165) is 19.3 Å². The van der Waals surface area contributed by atoms with Crippen LogP contribution in [0.4, 0.5) is 0 Å². The lowest BCUT2D eigenvalue weighted by Crippen LogP contribution is -2.48. The monoisotopic (exact) mass is 274 g/mol. The molecule has 1 aromatic rings. The highest BCUT2D eigenvalue weighted by Gasteiger charge is 2.53. The number of hydrogen-bond acceptors (Lipinski definition) is 2. The van der Waals surface area contributed by atoms with Crippen LogP contribution in [0.5, 0.6) is 0 Å². The Morgan fingerprint density at radius 2 is 2.05 bits per heavy atom. The average molecular weight is 274 g/mol. The first kappa shape index (κ1) is 14.1. The summed E-state index contributed by atoms with van der Waals surface area (Å²) in [6, 6.07) is 10.6. The van der Waals surface area contributed by atoms with E-state index in [0.29, 0.717) is 17.8 Å². The van der Waals surface area contributed by atoms with Crippen molar-refractivity contribution in [2.24, 2.45) is 11.8 Å². The van der Waals surface area contributed by atoms with Crippen molar-refractivity contribution >= 4 is 0 Å². The van der Waals surface area contributed by atoms with Crippen molar-refractivity contribution in [1.29, 1.82) is 0 Å². The van der Waals surface area contributed by atoms with Crippen LogP contribution in [0, 0.1) is 11.8 Å². The van der Waals surface area contributed by atoms with Crippen LogP contribution in [0.2, 0.25) is 0 Å². The highest BCUT2D eigenvalue weighted by Crippen LogP contribution is 2.54. The number of hydrogen-bond donors (Lipinski definition) is 1. The predicted molar refractivity (Wildman–Crippen MR) is 80.7 cm³/mol. The summed E-state index contributed by atoms with van der Waals surface area (Å²) >= 11 is 0. The molecule has 5 atom stereocenters. The molecule has 2 saturated carbocycles. The van der Waals surface area contributed by atoms with E-state index in [9.17, 15) is 5.11 Å². The molecular formula is C18H26O2. The molecule has 5 unspecified atom stereocenters. The zero-order valence-corrected chi connectivity index (χ0v) is 12.6. The number of rotatable bonds is 4. The maximum absolute atomic E-state index is 10.9. The summed E-state index contributed by atoms with van der Waals surface area (Å²) in [5.41, 5.74) is 1.07. The van der Waals surface area contributed by atoms with E-state index in [4.69, 9.17) is 4.74 Å². The van der Waals surface area contributed by atoms with E-state index in [2.05, 4.69) is 37.3 Å². The van der Waals surface area contributed by atoms with Gasteiger partial charge in [-0.15, -0.1) is 0 Å². The highest BCUT2D eigenvalue weighted by atomic mass is 16.5. The van der Waals surface area contributed by atoms with Gasteiger partial charge in [0.1, 0.15) is 0 Å². The standard InChI is InChI=1S/C18H26O2/c1-13-7-6-10-18(12-13,20-2)17(19)16-11-15(16)14-8-4-3-5-9-14/h3-5,8-9,13,15-17,19H,6-7,10-12H2,1-2H3. The van der Waals surface area contributed by atoms with Gasteiger partial charge in [-0.2, -0.15) is 0 Å².